The molecule has 0 spiro atoms. The quantitative estimate of drug-likeness (QED) is 0.794. The number of likely N-dealkylation sites (tertiary alicyclic amines) is 1. The smallest absolute Gasteiger partial charge is 0.309 e. The van der Waals surface area contributed by atoms with Gasteiger partial charge < -0.3 is 10.0 Å². The molecule has 1 heterocycles. The van der Waals surface area contributed by atoms with E-state index >= 15 is 0 Å². The molecular weight excluding hydrogens is 250 g/mol. The summed E-state index contributed by atoms with van der Waals surface area (Å²) in [6.45, 7) is 6.16. The first-order valence-corrected chi connectivity index (χ1v) is 8.52. The summed E-state index contributed by atoms with van der Waals surface area (Å²) in [7, 11) is 0. The van der Waals surface area contributed by atoms with Crippen LogP contribution in [0, 0.1) is 11.3 Å². The summed E-state index contributed by atoms with van der Waals surface area (Å²) >= 11 is 0. The molecular formula is C17H31NO2. The molecule has 2 aliphatic rings. The van der Waals surface area contributed by atoms with Gasteiger partial charge in [-0.1, -0.05) is 32.6 Å². The molecule has 20 heavy (non-hydrogen) atoms. The maximum Gasteiger partial charge on any atom is 0.309 e. The summed E-state index contributed by atoms with van der Waals surface area (Å²) in [6, 6.07) is 0.718. The van der Waals surface area contributed by atoms with Gasteiger partial charge in [-0.2, -0.15) is 0 Å². The minimum atomic E-state index is -0.610. The Bertz CT molecular complexity index is 321. The fraction of sp³-hybridized carbons (Fsp3) is 0.941. The first kappa shape index (κ1) is 15.8. The normalized spacial score (nSPS) is 31.7. The van der Waals surface area contributed by atoms with Gasteiger partial charge in [0.2, 0.25) is 0 Å². The van der Waals surface area contributed by atoms with Crippen LogP contribution in [0.4, 0.5) is 0 Å². The summed E-state index contributed by atoms with van der Waals surface area (Å²) in [5.41, 5.74) is -0.480. The Kier molecular flexibility index (Phi) is 5.48. The SMILES string of the molecule is CCCC1CCCC(N2CCC(C)(C(=O)O)CC2)CC1. The van der Waals surface area contributed by atoms with Gasteiger partial charge >= 0.3 is 5.97 Å². The average Bonchev–Trinajstić information content (AvgIpc) is 2.66. The fourth-order valence-electron chi connectivity index (χ4n) is 4.02. The van der Waals surface area contributed by atoms with Crippen molar-refractivity contribution in [2.24, 2.45) is 11.3 Å². The van der Waals surface area contributed by atoms with E-state index in [1.165, 1.54) is 44.9 Å². The van der Waals surface area contributed by atoms with Crippen molar-refractivity contribution in [1.82, 2.24) is 4.90 Å². The Hall–Kier alpha value is -0.570. The van der Waals surface area contributed by atoms with E-state index in [1.54, 1.807) is 0 Å². The molecule has 3 heteroatoms. The van der Waals surface area contributed by atoms with Gasteiger partial charge in [0.1, 0.15) is 0 Å². The van der Waals surface area contributed by atoms with Crippen LogP contribution in [0.1, 0.15) is 71.6 Å². The van der Waals surface area contributed by atoms with Crippen molar-refractivity contribution in [2.45, 2.75) is 77.7 Å². The monoisotopic (exact) mass is 281 g/mol. The number of carboxylic acids is 1. The van der Waals surface area contributed by atoms with Gasteiger partial charge in [0, 0.05) is 6.04 Å². The molecule has 2 unspecified atom stereocenters. The Morgan fingerprint density at radius 2 is 1.90 bits per heavy atom. The molecule has 3 nitrogen and oxygen atoms in total. The second-order valence-corrected chi connectivity index (χ2v) is 7.22. The maximum absolute atomic E-state index is 11.3. The molecule has 0 bridgehead atoms. The lowest BCUT2D eigenvalue weighted by Gasteiger charge is -2.40. The zero-order chi connectivity index (χ0) is 14.6. The van der Waals surface area contributed by atoms with Crippen molar-refractivity contribution in [3.8, 4) is 0 Å². The summed E-state index contributed by atoms with van der Waals surface area (Å²) < 4.78 is 0. The molecule has 0 radical (unpaired) electrons. The van der Waals surface area contributed by atoms with Crippen LogP contribution in [-0.2, 0) is 4.79 Å². The van der Waals surface area contributed by atoms with Crippen LogP contribution in [0.15, 0.2) is 0 Å². The highest BCUT2D eigenvalue weighted by molar-refractivity contribution is 5.74. The molecule has 1 saturated heterocycles. The van der Waals surface area contributed by atoms with Gasteiger partial charge in [0.05, 0.1) is 5.41 Å². The molecule has 1 saturated carbocycles. The van der Waals surface area contributed by atoms with E-state index in [9.17, 15) is 9.90 Å². The molecule has 116 valence electrons. The first-order chi connectivity index (χ1) is 9.55. The average molecular weight is 281 g/mol. The van der Waals surface area contributed by atoms with Gasteiger partial charge in [0.15, 0.2) is 0 Å². The van der Waals surface area contributed by atoms with E-state index in [4.69, 9.17) is 0 Å². The van der Waals surface area contributed by atoms with Crippen molar-refractivity contribution in [2.75, 3.05) is 13.1 Å². The molecule has 1 aliphatic heterocycles. The van der Waals surface area contributed by atoms with Gasteiger partial charge in [0.25, 0.3) is 0 Å². The number of carboxylic acid groups (broad SMARTS) is 1. The molecule has 1 N–H and O–H groups in total. The number of nitrogens with zero attached hydrogens (tertiary/aromatic N) is 1. The van der Waals surface area contributed by atoms with Crippen molar-refractivity contribution in [3.63, 3.8) is 0 Å². The fourth-order valence-corrected chi connectivity index (χ4v) is 4.02. The maximum atomic E-state index is 11.3. The van der Waals surface area contributed by atoms with Gasteiger partial charge in [-0.05, 0) is 58.0 Å². The second-order valence-electron chi connectivity index (χ2n) is 7.22. The Balaban J connectivity index is 1.83. The third kappa shape index (κ3) is 3.75. The Labute approximate surface area is 123 Å². The topological polar surface area (TPSA) is 40.5 Å². The third-order valence-electron chi connectivity index (χ3n) is 5.69. The number of aliphatic carboxylic acids is 1. The number of carbonyl (C=O) groups is 1. The van der Waals surface area contributed by atoms with Crippen molar-refractivity contribution in [1.29, 1.82) is 0 Å². The van der Waals surface area contributed by atoms with Crippen LogP contribution in [0.25, 0.3) is 0 Å². The minimum absolute atomic E-state index is 0.480. The highest BCUT2D eigenvalue weighted by Gasteiger charge is 2.38. The van der Waals surface area contributed by atoms with E-state index in [0.717, 1.165) is 37.9 Å². The first-order valence-electron chi connectivity index (χ1n) is 8.52. The molecule has 2 fully saturated rings. The second kappa shape index (κ2) is 6.93. The lowest BCUT2D eigenvalue weighted by Crippen LogP contribution is -2.46. The summed E-state index contributed by atoms with van der Waals surface area (Å²) in [5.74, 6) is 0.333. The van der Waals surface area contributed by atoms with E-state index < -0.39 is 11.4 Å². The summed E-state index contributed by atoms with van der Waals surface area (Å²) in [5, 5.41) is 9.31. The van der Waals surface area contributed by atoms with Crippen LogP contribution < -0.4 is 0 Å². The standard InChI is InChI=1S/C17H31NO2/c1-3-5-14-6-4-7-15(9-8-14)18-12-10-17(2,11-13-18)16(19)20/h14-15H,3-13H2,1-2H3,(H,19,20). The number of hydrogen-bond donors (Lipinski definition) is 1. The van der Waals surface area contributed by atoms with Crippen LogP contribution in [-0.4, -0.2) is 35.1 Å². The van der Waals surface area contributed by atoms with Gasteiger partial charge in [-0.15, -0.1) is 0 Å². The molecule has 0 amide bonds. The zero-order valence-electron chi connectivity index (χ0n) is 13.2. The third-order valence-corrected chi connectivity index (χ3v) is 5.69. The molecule has 0 aromatic carbocycles. The van der Waals surface area contributed by atoms with Crippen LogP contribution >= 0.6 is 0 Å². The van der Waals surface area contributed by atoms with Gasteiger partial charge in [-0.25, -0.2) is 0 Å². The lowest BCUT2D eigenvalue weighted by atomic mass is 9.80. The van der Waals surface area contributed by atoms with Crippen molar-refractivity contribution >= 4 is 5.97 Å². The summed E-state index contributed by atoms with van der Waals surface area (Å²) in [4.78, 5) is 13.9. The van der Waals surface area contributed by atoms with Crippen LogP contribution in [0.5, 0.6) is 0 Å². The predicted molar refractivity (Wildman–Crippen MR) is 81.8 cm³/mol. The van der Waals surface area contributed by atoms with E-state index in [1.807, 2.05) is 6.92 Å². The number of rotatable bonds is 4. The molecule has 1 aliphatic carbocycles. The molecule has 0 aromatic rings. The number of hydrogen-bond acceptors (Lipinski definition) is 2. The van der Waals surface area contributed by atoms with E-state index in [2.05, 4.69) is 11.8 Å². The highest BCUT2D eigenvalue weighted by Crippen LogP contribution is 2.35. The van der Waals surface area contributed by atoms with Crippen LogP contribution in [0.2, 0.25) is 0 Å². The van der Waals surface area contributed by atoms with Crippen molar-refractivity contribution < 1.29 is 9.90 Å². The zero-order valence-corrected chi connectivity index (χ0v) is 13.2. The van der Waals surface area contributed by atoms with E-state index in [-0.39, 0.29) is 0 Å². The lowest BCUT2D eigenvalue weighted by molar-refractivity contribution is -0.151. The predicted octanol–water partition coefficient (Wildman–Crippen LogP) is 3.92. The summed E-state index contributed by atoms with van der Waals surface area (Å²) in [6.07, 6.45) is 11.1. The Morgan fingerprint density at radius 1 is 1.20 bits per heavy atom. The highest BCUT2D eigenvalue weighted by atomic mass is 16.4. The molecule has 0 aromatic heterocycles. The Morgan fingerprint density at radius 3 is 2.50 bits per heavy atom. The van der Waals surface area contributed by atoms with Gasteiger partial charge in [-0.3, -0.25) is 4.79 Å². The largest absolute Gasteiger partial charge is 0.481 e. The number of piperidine rings is 1. The van der Waals surface area contributed by atoms with Crippen LogP contribution in [0.3, 0.4) is 0 Å². The molecule has 2 rings (SSSR count). The van der Waals surface area contributed by atoms with Crippen molar-refractivity contribution in [3.05, 3.63) is 0 Å². The minimum Gasteiger partial charge on any atom is -0.481 e. The van der Waals surface area contributed by atoms with E-state index in [0.29, 0.717) is 0 Å². The molecule has 2 atom stereocenters.